The van der Waals surface area contributed by atoms with Crippen molar-refractivity contribution < 1.29 is 13.9 Å². The van der Waals surface area contributed by atoms with Gasteiger partial charge in [0, 0.05) is 49.9 Å². The normalized spacial score (nSPS) is 15.1. The number of nitrogens with one attached hydrogen (secondary N) is 1. The van der Waals surface area contributed by atoms with E-state index in [0.29, 0.717) is 43.5 Å². The topological polar surface area (TPSA) is 92.6 Å². The van der Waals surface area contributed by atoms with Crippen LogP contribution < -0.4 is 15.8 Å². The number of amides is 1. The van der Waals surface area contributed by atoms with Crippen molar-refractivity contribution in [2.75, 3.05) is 36.4 Å². The van der Waals surface area contributed by atoms with Crippen molar-refractivity contribution in [3.05, 3.63) is 94.2 Å². The summed E-state index contributed by atoms with van der Waals surface area (Å²) < 4.78 is 22.5. The Balaban J connectivity index is 1.22. The van der Waals surface area contributed by atoms with Crippen LogP contribution in [0.4, 0.5) is 20.8 Å². The molecule has 2 aromatic carbocycles. The molecule has 4 aromatic rings. The Bertz CT molecular complexity index is 1600. The maximum Gasteiger partial charge on any atom is 0.410 e. The number of hydrogen-bond acceptors (Lipinski definition) is 7. The van der Waals surface area contributed by atoms with Gasteiger partial charge in [0.2, 0.25) is 5.95 Å². The molecule has 1 aliphatic heterocycles. The van der Waals surface area contributed by atoms with E-state index in [1.807, 2.05) is 55.1 Å². The highest BCUT2D eigenvalue weighted by Crippen LogP contribution is 2.27. The first-order valence-electron chi connectivity index (χ1n) is 14.4. The van der Waals surface area contributed by atoms with Gasteiger partial charge in [-0.15, -0.1) is 0 Å². The average Bonchev–Trinajstić information content (AvgIpc) is 3.00. The number of ether oxygens (including phenoxy) is 1. The van der Waals surface area contributed by atoms with Crippen LogP contribution in [0.1, 0.15) is 50.9 Å². The third kappa shape index (κ3) is 6.37. The summed E-state index contributed by atoms with van der Waals surface area (Å²) in [6.07, 6.45) is 1.34. The number of hydrogen-bond donors (Lipinski definition) is 1. The Morgan fingerprint density at radius 1 is 1.00 bits per heavy atom. The summed E-state index contributed by atoms with van der Waals surface area (Å²) >= 11 is 0. The van der Waals surface area contributed by atoms with E-state index in [-0.39, 0.29) is 42.1 Å². The van der Waals surface area contributed by atoms with Crippen LogP contribution in [0.3, 0.4) is 0 Å². The Morgan fingerprint density at radius 3 is 2.43 bits per heavy atom. The highest BCUT2D eigenvalue weighted by molar-refractivity contribution is 5.75. The van der Waals surface area contributed by atoms with Crippen molar-refractivity contribution in [3.63, 3.8) is 0 Å². The number of aromatic nitrogens is 3. The molecule has 0 spiro atoms. The van der Waals surface area contributed by atoms with Crippen molar-refractivity contribution in [2.24, 2.45) is 5.92 Å². The second-order valence-corrected chi connectivity index (χ2v) is 11.1. The molecule has 0 bridgehead atoms. The molecule has 42 heavy (non-hydrogen) atoms. The minimum Gasteiger partial charge on any atom is -0.445 e. The van der Waals surface area contributed by atoms with Gasteiger partial charge < -0.3 is 19.9 Å². The number of carbonyl (C=O) groups is 1. The number of pyridine rings is 1. The van der Waals surface area contributed by atoms with E-state index in [1.54, 1.807) is 33.9 Å². The zero-order valence-corrected chi connectivity index (χ0v) is 24.5. The summed E-state index contributed by atoms with van der Waals surface area (Å²) in [5, 5.41) is 4.04. The van der Waals surface area contributed by atoms with Gasteiger partial charge in [0.05, 0.1) is 11.7 Å². The van der Waals surface area contributed by atoms with Gasteiger partial charge in [-0.3, -0.25) is 9.36 Å². The van der Waals surface area contributed by atoms with Crippen molar-refractivity contribution in [3.8, 4) is 0 Å². The van der Waals surface area contributed by atoms with Gasteiger partial charge in [0.1, 0.15) is 18.1 Å². The van der Waals surface area contributed by atoms with Crippen molar-refractivity contribution in [2.45, 2.75) is 46.4 Å². The summed E-state index contributed by atoms with van der Waals surface area (Å²) in [5.41, 5.74) is 2.63. The third-order valence-electron chi connectivity index (χ3n) is 7.94. The molecule has 1 aliphatic rings. The first-order valence-corrected chi connectivity index (χ1v) is 14.4. The minimum atomic E-state index is -0.360. The van der Waals surface area contributed by atoms with Crippen LogP contribution in [-0.2, 0) is 11.3 Å². The smallest absolute Gasteiger partial charge is 0.410 e. The van der Waals surface area contributed by atoms with Crippen LogP contribution in [0.2, 0.25) is 0 Å². The van der Waals surface area contributed by atoms with Gasteiger partial charge in [0.25, 0.3) is 5.56 Å². The number of carbonyl (C=O) groups excluding carboxylic acids is 1. The molecule has 1 N–H and O–H groups in total. The molecule has 5 rings (SSSR count). The largest absolute Gasteiger partial charge is 0.445 e. The summed E-state index contributed by atoms with van der Waals surface area (Å²) in [4.78, 5) is 37.9. The van der Waals surface area contributed by atoms with Crippen LogP contribution in [0, 0.1) is 11.7 Å². The quantitative estimate of drug-likeness (QED) is 0.286. The van der Waals surface area contributed by atoms with E-state index in [1.165, 1.54) is 6.07 Å². The summed E-state index contributed by atoms with van der Waals surface area (Å²) in [6.45, 7) is 10.2. The first-order chi connectivity index (χ1) is 20.2. The monoisotopic (exact) mass is 572 g/mol. The molecule has 0 aliphatic carbocycles. The summed E-state index contributed by atoms with van der Waals surface area (Å²) in [7, 11) is 0. The average molecular weight is 573 g/mol. The predicted octanol–water partition coefficient (Wildman–Crippen LogP) is 5.78. The number of piperazine rings is 1. The number of nitrogens with zero attached hydrogens (tertiary/aromatic N) is 5. The number of halogens is 1. The first kappa shape index (κ1) is 29.0. The highest BCUT2D eigenvalue weighted by atomic mass is 19.1. The van der Waals surface area contributed by atoms with Crippen molar-refractivity contribution in [1.29, 1.82) is 0 Å². The molecule has 1 amide bonds. The Labute approximate surface area is 245 Å². The molecule has 3 heterocycles. The third-order valence-corrected chi connectivity index (χ3v) is 7.94. The van der Waals surface area contributed by atoms with Gasteiger partial charge in [-0.2, -0.15) is 4.98 Å². The molecular weight excluding hydrogens is 535 g/mol. The van der Waals surface area contributed by atoms with Crippen molar-refractivity contribution >= 4 is 28.8 Å². The molecule has 10 heteroatoms. The Kier molecular flexibility index (Phi) is 8.70. The Hall–Kier alpha value is -4.47. The van der Waals surface area contributed by atoms with Crippen LogP contribution >= 0.6 is 0 Å². The fraction of sp³-hybridized carbons (Fsp3) is 0.375. The Morgan fingerprint density at radius 2 is 1.74 bits per heavy atom. The molecule has 0 saturated carbocycles. The van der Waals surface area contributed by atoms with E-state index in [2.05, 4.69) is 29.1 Å². The molecular formula is C32H37FN6O3. The molecule has 1 fully saturated rings. The van der Waals surface area contributed by atoms with Gasteiger partial charge in [0.15, 0.2) is 0 Å². The lowest BCUT2D eigenvalue weighted by atomic mass is 10.1. The fourth-order valence-corrected chi connectivity index (χ4v) is 5.07. The maximum absolute atomic E-state index is 15.3. The highest BCUT2D eigenvalue weighted by Gasteiger charge is 2.24. The lowest BCUT2D eigenvalue weighted by Crippen LogP contribution is -2.49. The van der Waals surface area contributed by atoms with E-state index >= 15 is 4.39 Å². The van der Waals surface area contributed by atoms with Gasteiger partial charge in [-0.1, -0.05) is 50.2 Å². The van der Waals surface area contributed by atoms with E-state index in [4.69, 9.17) is 4.74 Å². The molecule has 220 valence electrons. The maximum atomic E-state index is 15.3. The van der Waals surface area contributed by atoms with E-state index in [0.717, 1.165) is 16.5 Å². The van der Waals surface area contributed by atoms with Gasteiger partial charge in [-0.05, 0) is 49.1 Å². The molecule has 2 aromatic heterocycles. The SMILES string of the molecule is CC(Nc1ncc2ccc(=O)n(C(C)C(C)C)c2n1)c1ccc(N2CCN(C(=O)OCc3ccccc3)CC2)c(F)c1. The number of benzene rings is 2. The number of fused-ring (bicyclic) bond motifs is 1. The molecule has 2 unspecified atom stereocenters. The number of rotatable bonds is 8. The van der Waals surface area contributed by atoms with Gasteiger partial charge in [-0.25, -0.2) is 14.2 Å². The summed E-state index contributed by atoms with van der Waals surface area (Å²) in [5.74, 6) is 0.280. The predicted molar refractivity (Wildman–Crippen MR) is 162 cm³/mol. The van der Waals surface area contributed by atoms with Crippen LogP contribution in [0.5, 0.6) is 0 Å². The molecule has 2 atom stereocenters. The lowest BCUT2D eigenvalue weighted by molar-refractivity contribution is 0.0941. The standard InChI is InChI=1S/C32H37FN6O3/c1-21(2)23(4)39-29(40)13-11-26-19-34-31(36-30(26)39)35-22(3)25-10-12-28(27(33)18-25)37-14-16-38(17-15-37)32(41)42-20-24-8-6-5-7-9-24/h5-13,18-19,21-23H,14-17,20H2,1-4H3,(H,34,35,36). The fourth-order valence-electron chi connectivity index (χ4n) is 5.07. The van der Waals surface area contributed by atoms with E-state index < -0.39 is 0 Å². The zero-order chi connectivity index (χ0) is 29.8. The molecule has 9 nitrogen and oxygen atoms in total. The van der Waals surface area contributed by atoms with Crippen LogP contribution in [0.15, 0.2) is 71.7 Å². The summed E-state index contributed by atoms with van der Waals surface area (Å²) in [6, 6.07) is 17.7. The number of anilines is 2. The van der Waals surface area contributed by atoms with Gasteiger partial charge >= 0.3 is 6.09 Å². The second kappa shape index (κ2) is 12.6. The lowest BCUT2D eigenvalue weighted by Gasteiger charge is -2.35. The second-order valence-electron chi connectivity index (χ2n) is 11.1. The minimum absolute atomic E-state index is 0.0372. The molecule has 1 saturated heterocycles. The van der Waals surface area contributed by atoms with Crippen molar-refractivity contribution in [1.82, 2.24) is 19.4 Å². The zero-order valence-electron chi connectivity index (χ0n) is 24.5. The van der Waals surface area contributed by atoms with Crippen LogP contribution in [-0.4, -0.2) is 51.7 Å². The van der Waals surface area contributed by atoms with E-state index in [9.17, 15) is 9.59 Å². The van der Waals surface area contributed by atoms with Crippen LogP contribution in [0.25, 0.3) is 11.0 Å². The molecule has 0 radical (unpaired) electrons.